The molecule has 0 aliphatic carbocycles. The van der Waals surface area contributed by atoms with Gasteiger partial charge in [-0.3, -0.25) is 0 Å². The second-order valence-corrected chi connectivity index (χ2v) is 7.30. The maximum absolute atomic E-state index is 4.63. The standard InChI is InChI=1S/C16H28BrN3/c1-7-16(4,5)20(6)15-13(8-14(17)11-19-15)10-18-9-12(2)3/h8,11-12,18H,7,9-10H2,1-6H3. The number of halogens is 1. The molecule has 1 aromatic heterocycles. The number of hydrogen-bond donors (Lipinski definition) is 1. The molecule has 114 valence electrons. The third-order valence-corrected chi connectivity index (χ3v) is 4.30. The van der Waals surface area contributed by atoms with Crippen molar-refractivity contribution in [1.82, 2.24) is 10.3 Å². The number of anilines is 1. The minimum atomic E-state index is 0.105. The molecule has 4 heteroatoms. The van der Waals surface area contributed by atoms with Crippen LogP contribution in [0.1, 0.15) is 46.6 Å². The topological polar surface area (TPSA) is 28.2 Å². The molecule has 1 aromatic rings. The van der Waals surface area contributed by atoms with Crippen molar-refractivity contribution in [3.63, 3.8) is 0 Å². The number of hydrogen-bond acceptors (Lipinski definition) is 3. The van der Waals surface area contributed by atoms with Gasteiger partial charge in [0.2, 0.25) is 0 Å². The maximum atomic E-state index is 4.63. The van der Waals surface area contributed by atoms with Crippen molar-refractivity contribution in [3.8, 4) is 0 Å². The average Bonchev–Trinajstić information content (AvgIpc) is 2.37. The van der Waals surface area contributed by atoms with Crippen molar-refractivity contribution in [2.75, 3.05) is 18.5 Å². The molecule has 0 aromatic carbocycles. The van der Waals surface area contributed by atoms with E-state index in [2.05, 4.69) is 78.9 Å². The third-order valence-electron chi connectivity index (χ3n) is 3.87. The smallest absolute Gasteiger partial charge is 0.133 e. The quantitative estimate of drug-likeness (QED) is 0.804. The van der Waals surface area contributed by atoms with Gasteiger partial charge in [0.25, 0.3) is 0 Å². The van der Waals surface area contributed by atoms with Gasteiger partial charge in [-0.2, -0.15) is 0 Å². The first-order valence-corrected chi connectivity index (χ1v) is 8.16. The molecule has 1 N–H and O–H groups in total. The molecule has 1 rings (SSSR count). The Bertz CT molecular complexity index is 430. The van der Waals surface area contributed by atoms with Crippen LogP contribution in [0.25, 0.3) is 0 Å². The van der Waals surface area contributed by atoms with Crippen LogP contribution >= 0.6 is 15.9 Å². The summed E-state index contributed by atoms with van der Waals surface area (Å²) in [7, 11) is 2.13. The lowest BCUT2D eigenvalue weighted by molar-refractivity contribution is 0.464. The van der Waals surface area contributed by atoms with Crippen LogP contribution in [-0.4, -0.2) is 24.1 Å². The molecule has 0 bridgehead atoms. The fourth-order valence-corrected chi connectivity index (χ4v) is 2.30. The van der Waals surface area contributed by atoms with Crippen LogP contribution in [0.15, 0.2) is 16.7 Å². The normalized spacial score (nSPS) is 12.0. The van der Waals surface area contributed by atoms with E-state index in [1.165, 1.54) is 5.56 Å². The van der Waals surface area contributed by atoms with Crippen LogP contribution in [0.4, 0.5) is 5.82 Å². The van der Waals surface area contributed by atoms with Gasteiger partial charge in [-0.25, -0.2) is 4.98 Å². The molecule has 0 unspecified atom stereocenters. The number of nitrogens with one attached hydrogen (secondary N) is 1. The van der Waals surface area contributed by atoms with Gasteiger partial charge in [-0.05, 0) is 54.7 Å². The van der Waals surface area contributed by atoms with Gasteiger partial charge in [0.05, 0.1) is 0 Å². The van der Waals surface area contributed by atoms with Crippen molar-refractivity contribution >= 4 is 21.7 Å². The minimum absolute atomic E-state index is 0.105. The molecule has 0 radical (unpaired) electrons. The molecule has 0 fully saturated rings. The Morgan fingerprint density at radius 3 is 2.60 bits per heavy atom. The lowest BCUT2D eigenvalue weighted by Gasteiger charge is -2.37. The molecule has 20 heavy (non-hydrogen) atoms. The Morgan fingerprint density at radius 2 is 2.05 bits per heavy atom. The minimum Gasteiger partial charge on any atom is -0.354 e. The molecule has 0 saturated carbocycles. The number of rotatable bonds is 7. The fraction of sp³-hybridized carbons (Fsp3) is 0.688. The Balaban J connectivity index is 2.95. The summed E-state index contributed by atoms with van der Waals surface area (Å²) < 4.78 is 1.03. The molecule has 0 aliphatic heterocycles. The summed E-state index contributed by atoms with van der Waals surface area (Å²) in [6.45, 7) is 13.0. The molecular weight excluding hydrogens is 314 g/mol. The van der Waals surface area contributed by atoms with Gasteiger partial charge < -0.3 is 10.2 Å². The predicted molar refractivity (Wildman–Crippen MR) is 91.3 cm³/mol. The zero-order chi connectivity index (χ0) is 15.3. The second-order valence-electron chi connectivity index (χ2n) is 6.39. The summed E-state index contributed by atoms with van der Waals surface area (Å²) in [6, 6.07) is 2.16. The van der Waals surface area contributed by atoms with Crippen molar-refractivity contribution < 1.29 is 0 Å². The van der Waals surface area contributed by atoms with Crippen LogP contribution in [0.5, 0.6) is 0 Å². The van der Waals surface area contributed by atoms with Crippen LogP contribution in [-0.2, 0) is 6.54 Å². The summed E-state index contributed by atoms with van der Waals surface area (Å²) in [5.41, 5.74) is 1.34. The fourth-order valence-electron chi connectivity index (χ4n) is 1.93. The van der Waals surface area contributed by atoms with Crippen molar-refractivity contribution in [3.05, 3.63) is 22.3 Å². The number of nitrogens with zero attached hydrogens (tertiary/aromatic N) is 2. The average molecular weight is 342 g/mol. The second kappa shape index (κ2) is 7.41. The highest BCUT2D eigenvalue weighted by Crippen LogP contribution is 2.27. The van der Waals surface area contributed by atoms with Gasteiger partial charge in [0.1, 0.15) is 5.82 Å². The molecular formula is C16H28BrN3. The van der Waals surface area contributed by atoms with E-state index in [9.17, 15) is 0 Å². The first-order chi connectivity index (χ1) is 9.27. The molecule has 0 spiro atoms. The summed E-state index contributed by atoms with van der Waals surface area (Å²) in [5, 5.41) is 3.51. The Labute approximate surface area is 132 Å². The predicted octanol–water partition coefficient (Wildman–Crippen LogP) is 4.21. The lowest BCUT2D eigenvalue weighted by atomic mass is 9.99. The molecule has 0 aliphatic rings. The monoisotopic (exact) mass is 341 g/mol. The molecule has 0 saturated heterocycles. The summed E-state index contributed by atoms with van der Waals surface area (Å²) in [4.78, 5) is 6.91. The van der Waals surface area contributed by atoms with E-state index in [4.69, 9.17) is 0 Å². The van der Waals surface area contributed by atoms with Crippen LogP contribution < -0.4 is 10.2 Å². The zero-order valence-electron chi connectivity index (χ0n) is 13.6. The van der Waals surface area contributed by atoms with E-state index in [1.807, 2.05) is 6.20 Å². The van der Waals surface area contributed by atoms with E-state index < -0.39 is 0 Å². The summed E-state index contributed by atoms with van der Waals surface area (Å²) in [5.74, 6) is 1.72. The van der Waals surface area contributed by atoms with Gasteiger partial charge in [0, 0.05) is 35.4 Å². The Kier molecular flexibility index (Phi) is 6.46. The molecule has 0 amide bonds. The van der Waals surface area contributed by atoms with E-state index in [1.54, 1.807) is 0 Å². The van der Waals surface area contributed by atoms with E-state index >= 15 is 0 Å². The number of aromatic nitrogens is 1. The first-order valence-electron chi connectivity index (χ1n) is 7.37. The highest BCUT2D eigenvalue weighted by Gasteiger charge is 2.24. The Morgan fingerprint density at radius 1 is 1.40 bits per heavy atom. The zero-order valence-corrected chi connectivity index (χ0v) is 15.2. The van der Waals surface area contributed by atoms with Crippen molar-refractivity contribution in [1.29, 1.82) is 0 Å². The molecule has 1 heterocycles. The maximum Gasteiger partial charge on any atom is 0.133 e. The van der Waals surface area contributed by atoms with Gasteiger partial charge in [-0.1, -0.05) is 20.8 Å². The van der Waals surface area contributed by atoms with Gasteiger partial charge in [0.15, 0.2) is 0 Å². The highest BCUT2D eigenvalue weighted by atomic mass is 79.9. The SMILES string of the molecule is CCC(C)(C)N(C)c1ncc(Br)cc1CNCC(C)C. The Hall–Kier alpha value is -0.610. The molecule has 0 atom stereocenters. The molecule has 3 nitrogen and oxygen atoms in total. The van der Waals surface area contributed by atoms with Crippen LogP contribution in [0, 0.1) is 5.92 Å². The largest absolute Gasteiger partial charge is 0.354 e. The third kappa shape index (κ3) is 4.74. The van der Waals surface area contributed by atoms with Crippen molar-refractivity contribution in [2.24, 2.45) is 5.92 Å². The van der Waals surface area contributed by atoms with Gasteiger partial charge in [-0.15, -0.1) is 0 Å². The number of pyridine rings is 1. The van der Waals surface area contributed by atoms with Gasteiger partial charge >= 0.3 is 0 Å². The van der Waals surface area contributed by atoms with Crippen molar-refractivity contribution in [2.45, 2.75) is 53.1 Å². The lowest BCUT2D eigenvalue weighted by Crippen LogP contribution is -2.41. The summed E-state index contributed by atoms with van der Waals surface area (Å²) in [6.07, 6.45) is 2.96. The van der Waals surface area contributed by atoms with E-state index in [-0.39, 0.29) is 5.54 Å². The van der Waals surface area contributed by atoms with Crippen LogP contribution in [0.3, 0.4) is 0 Å². The van der Waals surface area contributed by atoms with E-state index in [0.29, 0.717) is 5.92 Å². The first kappa shape index (κ1) is 17.4. The summed E-state index contributed by atoms with van der Waals surface area (Å²) >= 11 is 3.53. The highest BCUT2D eigenvalue weighted by molar-refractivity contribution is 9.10. The van der Waals surface area contributed by atoms with E-state index in [0.717, 1.165) is 29.8 Å². The van der Waals surface area contributed by atoms with Crippen LogP contribution in [0.2, 0.25) is 0 Å².